The van der Waals surface area contributed by atoms with E-state index in [2.05, 4.69) is 28.1 Å². The fraction of sp³-hybridized carbons (Fsp3) is 0.520. The number of benzene rings is 1. The van der Waals surface area contributed by atoms with E-state index in [4.69, 9.17) is 4.74 Å². The first-order valence-electron chi connectivity index (χ1n) is 11.5. The van der Waals surface area contributed by atoms with E-state index in [0.717, 1.165) is 17.5 Å². The van der Waals surface area contributed by atoms with E-state index in [-0.39, 0.29) is 6.54 Å². The summed E-state index contributed by atoms with van der Waals surface area (Å²) in [6.07, 6.45) is 16.2. The first-order valence-corrected chi connectivity index (χ1v) is 13.3. The van der Waals surface area contributed by atoms with Crippen LogP contribution in [-0.4, -0.2) is 48.7 Å². The van der Waals surface area contributed by atoms with E-state index in [9.17, 15) is 8.42 Å². The van der Waals surface area contributed by atoms with Crippen molar-refractivity contribution in [1.82, 2.24) is 19.6 Å². The van der Waals surface area contributed by atoms with Gasteiger partial charge < -0.3 is 10.1 Å². The Labute approximate surface area is 204 Å². The molecule has 1 aliphatic heterocycles. The minimum atomic E-state index is -3.40. The summed E-state index contributed by atoms with van der Waals surface area (Å²) in [4.78, 5) is 8.39. The van der Waals surface area contributed by atoms with Crippen LogP contribution in [0.15, 0.2) is 36.8 Å². The zero-order valence-corrected chi connectivity index (χ0v) is 21.4. The highest BCUT2D eigenvalue weighted by molar-refractivity contribution is 7.88. The predicted molar refractivity (Wildman–Crippen MR) is 134 cm³/mol. The summed E-state index contributed by atoms with van der Waals surface area (Å²) < 4.78 is 45.8. The van der Waals surface area contributed by atoms with E-state index in [1.165, 1.54) is 10.4 Å². The van der Waals surface area contributed by atoms with Gasteiger partial charge in [0.15, 0.2) is 0 Å². The molecule has 1 aromatic carbocycles. The summed E-state index contributed by atoms with van der Waals surface area (Å²) in [5.41, 5.74) is 1.57. The Hall–Kier alpha value is -2.38. The molecule has 1 fully saturated rings. The van der Waals surface area contributed by atoms with E-state index >= 15 is 4.39 Å². The molecule has 2 aromatic rings. The third kappa shape index (κ3) is 8.44. The number of sulfonamides is 1. The molecule has 1 aromatic heterocycles. The summed E-state index contributed by atoms with van der Waals surface area (Å²) in [5, 5.41) is 3.54. The summed E-state index contributed by atoms with van der Waals surface area (Å²) in [5.74, 6) is -0.399. The molecule has 1 N–H and O–H groups in total. The Morgan fingerprint density at radius 1 is 1.21 bits per heavy atom. The van der Waals surface area contributed by atoms with Gasteiger partial charge in [0.05, 0.1) is 11.9 Å². The van der Waals surface area contributed by atoms with Gasteiger partial charge in [-0.2, -0.15) is 4.31 Å². The third-order valence-corrected chi connectivity index (χ3v) is 6.71. The Morgan fingerprint density at radius 2 is 1.88 bits per heavy atom. The second kappa shape index (κ2) is 14.8. The van der Waals surface area contributed by atoms with Crippen molar-refractivity contribution in [2.24, 2.45) is 0 Å². The molecule has 0 amide bonds. The van der Waals surface area contributed by atoms with E-state index in [0.29, 0.717) is 51.1 Å². The highest BCUT2D eigenvalue weighted by Crippen LogP contribution is 2.33. The number of hydrogen-bond acceptors (Lipinski definition) is 6. The molecule has 0 saturated carbocycles. The highest BCUT2D eigenvalue weighted by atomic mass is 32.2. The second-order valence-corrected chi connectivity index (χ2v) is 9.63. The molecule has 1 saturated heterocycles. The third-order valence-electron chi connectivity index (χ3n) is 5.47. The number of aromatic nitrogens is 2. The Bertz CT molecular complexity index is 978. The number of halogens is 1. The van der Waals surface area contributed by atoms with Crippen molar-refractivity contribution in [2.45, 2.75) is 58.7 Å². The molecule has 9 heteroatoms. The Morgan fingerprint density at radius 3 is 2.41 bits per heavy atom. The monoisotopic (exact) mass is 492 g/mol. The van der Waals surface area contributed by atoms with Gasteiger partial charge in [0.25, 0.3) is 0 Å². The maximum Gasteiger partial charge on any atom is 0.211 e. The number of terminal acetylenes is 1. The fourth-order valence-corrected chi connectivity index (χ4v) is 4.63. The van der Waals surface area contributed by atoms with Crippen LogP contribution in [0.2, 0.25) is 0 Å². The number of hydrogen-bond donors (Lipinski definition) is 1. The van der Waals surface area contributed by atoms with Crippen molar-refractivity contribution in [3.63, 3.8) is 0 Å². The van der Waals surface area contributed by atoms with Gasteiger partial charge in [-0.25, -0.2) is 12.8 Å². The first-order chi connectivity index (χ1) is 16.3. The van der Waals surface area contributed by atoms with Crippen LogP contribution >= 0.6 is 0 Å². The molecule has 3 rings (SSSR count). The van der Waals surface area contributed by atoms with Crippen LogP contribution in [0.1, 0.15) is 56.9 Å². The maximum absolute atomic E-state index is 15.0. The zero-order valence-electron chi connectivity index (χ0n) is 20.6. The summed E-state index contributed by atoms with van der Waals surface area (Å²) in [6, 6.07) is 5.11. The molecule has 34 heavy (non-hydrogen) atoms. The topological polar surface area (TPSA) is 84.4 Å². The molecule has 1 aliphatic rings. The van der Waals surface area contributed by atoms with Crippen LogP contribution in [-0.2, 0) is 33.4 Å². The van der Waals surface area contributed by atoms with Gasteiger partial charge in [-0.1, -0.05) is 32.9 Å². The number of nitrogens with one attached hydrogen (secondary N) is 1. The van der Waals surface area contributed by atoms with Gasteiger partial charge >= 0.3 is 0 Å². The van der Waals surface area contributed by atoms with Gasteiger partial charge in [-0.15, -0.1) is 12.8 Å². The van der Waals surface area contributed by atoms with Gasteiger partial charge in [0.2, 0.25) is 10.0 Å². The Balaban J connectivity index is 0.00000137. The van der Waals surface area contributed by atoms with Crippen molar-refractivity contribution in [3.8, 4) is 12.8 Å². The second-order valence-electron chi connectivity index (χ2n) is 7.65. The van der Waals surface area contributed by atoms with E-state index in [1.807, 2.05) is 26.8 Å². The molecule has 0 bridgehead atoms. The Kier molecular flexibility index (Phi) is 12.9. The summed E-state index contributed by atoms with van der Waals surface area (Å²) in [7, 11) is -3.40. The quantitative estimate of drug-likeness (QED) is 0.535. The molecular formula is C25H37FN4O3S. The van der Waals surface area contributed by atoms with Crippen molar-refractivity contribution in [2.75, 3.05) is 26.0 Å². The van der Waals surface area contributed by atoms with Crippen LogP contribution in [0.4, 0.5) is 4.39 Å². The van der Waals surface area contributed by atoms with Crippen LogP contribution < -0.4 is 5.32 Å². The lowest BCUT2D eigenvalue weighted by Crippen LogP contribution is -2.46. The van der Waals surface area contributed by atoms with Crippen LogP contribution in [0.25, 0.3) is 0 Å². The maximum atomic E-state index is 15.0. The SMILES string of the molecule is C#C.CC.CCCN(Cc1ccc(C2(NCc3cnccn3)CCOCC2)cc1F)S(C)(=O)=O. The van der Waals surface area contributed by atoms with Crippen molar-refractivity contribution < 1.29 is 17.5 Å². The van der Waals surface area contributed by atoms with Gasteiger partial charge in [0, 0.05) is 62.5 Å². The lowest BCUT2D eigenvalue weighted by atomic mass is 9.82. The largest absolute Gasteiger partial charge is 0.381 e. The van der Waals surface area contributed by atoms with Crippen molar-refractivity contribution in [3.05, 3.63) is 59.4 Å². The van der Waals surface area contributed by atoms with E-state index in [1.54, 1.807) is 24.7 Å². The summed E-state index contributed by atoms with van der Waals surface area (Å²) >= 11 is 0. The number of ether oxygens (including phenoxy) is 1. The number of nitrogens with zero attached hydrogens (tertiary/aromatic N) is 3. The lowest BCUT2D eigenvalue weighted by Gasteiger charge is -2.39. The molecular weight excluding hydrogens is 455 g/mol. The normalized spacial score (nSPS) is 14.9. The summed E-state index contributed by atoms with van der Waals surface area (Å²) in [6.45, 7) is 7.96. The van der Waals surface area contributed by atoms with E-state index < -0.39 is 21.4 Å². The van der Waals surface area contributed by atoms with Crippen LogP contribution in [0.5, 0.6) is 0 Å². The fourth-order valence-electron chi connectivity index (χ4n) is 3.74. The smallest absolute Gasteiger partial charge is 0.211 e. The van der Waals surface area contributed by atoms with Gasteiger partial charge in [-0.05, 0) is 30.9 Å². The molecule has 0 radical (unpaired) electrons. The standard InChI is InChI=1S/C21H29FN4O3S.C2H6.C2H2/c1-3-10-26(30(2,27)28)16-17-4-5-18(13-20(17)22)21(6-11-29-12-7-21)25-15-19-14-23-8-9-24-19;2*1-2/h4-5,8-9,13-14,25H,3,6-7,10-12,15-16H2,1-2H3;1-2H3;1-2H. The molecule has 188 valence electrons. The molecule has 2 heterocycles. The van der Waals surface area contributed by atoms with Crippen LogP contribution in [0, 0.1) is 18.7 Å². The molecule has 0 atom stereocenters. The van der Waals surface area contributed by atoms with Crippen molar-refractivity contribution >= 4 is 10.0 Å². The van der Waals surface area contributed by atoms with Gasteiger partial charge in [0.1, 0.15) is 5.82 Å². The van der Waals surface area contributed by atoms with Crippen LogP contribution in [0.3, 0.4) is 0 Å². The molecule has 0 spiro atoms. The van der Waals surface area contributed by atoms with Crippen molar-refractivity contribution in [1.29, 1.82) is 0 Å². The van der Waals surface area contributed by atoms with Gasteiger partial charge in [-0.3, -0.25) is 9.97 Å². The molecule has 7 nitrogen and oxygen atoms in total. The predicted octanol–water partition coefficient (Wildman–Crippen LogP) is 3.86. The first kappa shape index (κ1) is 29.7. The zero-order chi connectivity index (χ0) is 25.6. The molecule has 0 unspecified atom stereocenters. The average molecular weight is 493 g/mol. The minimum absolute atomic E-state index is 0.0297. The minimum Gasteiger partial charge on any atom is -0.381 e. The average Bonchev–Trinajstić information content (AvgIpc) is 2.86. The highest BCUT2D eigenvalue weighted by Gasteiger charge is 2.34. The molecule has 0 aliphatic carbocycles. The number of rotatable bonds is 9. The lowest BCUT2D eigenvalue weighted by molar-refractivity contribution is 0.0355.